The highest BCUT2D eigenvalue weighted by molar-refractivity contribution is 6.16. The van der Waals surface area contributed by atoms with Crippen LogP contribution < -0.4 is 10.6 Å². The molecular formula is C23H21N3O. The van der Waals surface area contributed by atoms with Crippen LogP contribution in [0.15, 0.2) is 89.9 Å². The fraction of sp³-hybridized carbons (Fsp3) is 0.130. The molecule has 4 nitrogen and oxygen atoms in total. The van der Waals surface area contributed by atoms with Gasteiger partial charge in [-0.05, 0) is 18.2 Å². The normalized spacial score (nSPS) is 15.7. The van der Waals surface area contributed by atoms with Gasteiger partial charge in [-0.15, -0.1) is 0 Å². The van der Waals surface area contributed by atoms with E-state index in [1.165, 1.54) is 0 Å². The van der Waals surface area contributed by atoms with Gasteiger partial charge < -0.3 is 10.6 Å². The minimum absolute atomic E-state index is 0.0278. The molecule has 3 aromatic carbocycles. The molecule has 1 unspecified atom stereocenters. The summed E-state index contributed by atoms with van der Waals surface area (Å²) in [5.41, 5.74) is 4.87. The minimum Gasteiger partial charge on any atom is -0.378 e. The first-order valence-corrected chi connectivity index (χ1v) is 9.10. The van der Waals surface area contributed by atoms with E-state index in [0.29, 0.717) is 18.7 Å². The zero-order chi connectivity index (χ0) is 18.5. The molecule has 0 spiro atoms. The number of benzodiazepines with no additional fused rings is 1. The van der Waals surface area contributed by atoms with E-state index in [0.717, 1.165) is 22.5 Å². The summed E-state index contributed by atoms with van der Waals surface area (Å²) in [6.45, 7) is 1.10. The molecule has 134 valence electrons. The number of carbonyl (C=O) groups is 1. The van der Waals surface area contributed by atoms with Crippen molar-refractivity contribution in [1.29, 1.82) is 0 Å². The predicted octanol–water partition coefficient (Wildman–Crippen LogP) is 3.75. The molecule has 0 radical (unpaired) electrons. The maximum Gasteiger partial charge on any atom is 0.251 e. The lowest BCUT2D eigenvalue weighted by molar-refractivity contribution is 0.0952. The molecule has 27 heavy (non-hydrogen) atoms. The molecule has 4 rings (SSSR count). The third-order valence-electron chi connectivity index (χ3n) is 4.60. The van der Waals surface area contributed by atoms with E-state index in [9.17, 15) is 4.79 Å². The molecule has 1 atom stereocenters. The number of amides is 1. The predicted molar refractivity (Wildman–Crippen MR) is 110 cm³/mol. The van der Waals surface area contributed by atoms with Crippen molar-refractivity contribution in [2.45, 2.75) is 6.04 Å². The second kappa shape index (κ2) is 7.87. The van der Waals surface area contributed by atoms with Gasteiger partial charge in [-0.3, -0.25) is 9.79 Å². The van der Waals surface area contributed by atoms with E-state index in [-0.39, 0.29) is 11.9 Å². The van der Waals surface area contributed by atoms with Crippen LogP contribution in [0.2, 0.25) is 0 Å². The highest BCUT2D eigenvalue weighted by Gasteiger charge is 2.19. The lowest BCUT2D eigenvalue weighted by Crippen LogP contribution is -2.38. The highest BCUT2D eigenvalue weighted by atomic mass is 16.1. The molecule has 0 bridgehead atoms. The summed E-state index contributed by atoms with van der Waals surface area (Å²) < 4.78 is 0. The molecule has 0 aromatic heterocycles. The maximum absolute atomic E-state index is 12.3. The Morgan fingerprint density at radius 1 is 0.926 bits per heavy atom. The van der Waals surface area contributed by atoms with Crippen molar-refractivity contribution in [2.75, 3.05) is 18.4 Å². The van der Waals surface area contributed by atoms with Gasteiger partial charge in [0.15, 0.2) is 0 Å². The first-order valence-electron chi connectivity index (χ1n) is 9.10. The molecule has 4 heteroatoms. The Balaban J connectivity index is 1.54. The fourth-order valence-corrected chi connectivity index (χ4v) is 3.23. The van der Waals surface area contributed by atoms with Crippen molar-refractivity contribution < 1.29 is 4.79 Å². The van der Waals surface area contributed by atoms with E-state index in [4.69, 9.17) is 4.99 Å². The largest absolute Gasteiger partial charge is 0.378 e. The van der Waals surface area contributed by atoms with Gasteiger partial charge in [0.05, 0.1) is 18.3 Å². The van der Waals surface area contributed by atoms with E-state index in [2.05, 4.69) is 34.9 Å². The number of nitrogens with one attached hydrogen (secondary N) is 2. The lowest BCUT2D eigenvalue weighted by Gasteiger charge is -2.18. The Bertz CT molecular complexity index is 952. The number of para-hydroxylation sites is 1. The van der Waals surface area contributed by atoms with E-state index >= 15 is 0 Å². The van der Waals surface area contributed by atoms with Crippen LogP contribution in [-0.2, 0) is 0 Å². The second-order valence-corrected chi connectivity index (χ2v) is 6.52. The first kappa shape index (κ1) is 17.0. The monoisotopic (exact) mass is 355 g/mol. The van der Waals surface area contributed by atoms with Crippen molar-refractivity contribution in [1.82, 2.24) is 5.32 Å². The van der Waals surface area contributed by atoms with Crippen LogP contribution >= 0.6 is 0 Å². The molecule has 0 saturated heterocycles. The molecule has 1 heterocycles. The van der Waals surface area contributed by atoms with Crippen LogP contribution in [-0.4, -0.2) is 30.8 Å². The van der Waals surface area contributed by atoms with E-state index in [1.807, 2.05) is 60.7 Å². The van der Waals surface area contributed by atoms with Crippen LogP contribution in [0.25, 0.3) is 0 Å². The molecule has 0 saturated carbocycles. The third-order valence-corrected chi connectivity index (χ3v) is 4.60. The first-order chi connectivity index (χ1) is 13.3. The van der Waals surface area contributed by atoms with Crippen molar-refractivity contribution in [3.63, 3.8) is 0 Å². The van der Waals surface area contributed by atoms with Crippen molar-refractivity contribution in [3.05, 3.63) is 102 Å². The summed E-state index contributed by atoms with van der Waals surface area (Å²) in [5, 5.41) is 6.55. The number of carbonyl (C=O) groups excluding carboxylic acids is 1. The maximum atomic E-state index is 12.3. The zero-order valence-electron chi connectivity index (χ0n) is 14.9. The average molecular weight is 355 g/mol. The Labute approximate surface area is 159 Å². The van der Waals surface area contributed by atoms with Crippen LogP contribution in [0, 0.1) is 0 Å². The molecule has 0 aliphatic carbocycles. The van der Waals surface area contributed by atoms with Gasteiger partial charge in [0.1, 0.15) is 0 Å². The molecule has 2 N–H and O–H groups in total. The molecule has 1 amide bonds. The number of fused-ring (bicyclic) bond motifs is 1. The molecule has 3 aromatic rings. The summed E-state index contributed by atoms with van der Waals surface area (Å²) in [6, 6.07) is 27.7. The summed E-state index contributed by atoms with van der Waals surface area (Å²) in [4.78, 5) is 17.2. The van der Waals surface area contributed by atoms with Gasteiger partial charge in [-0.25, -0.2) is 0 Å². The fourth-order valence-electron chi connectivity index (χ4n) is 3.23. The summed E-state index contributed by atoms with van der Waals surface area (Å²) >= 11 is 0. The van der Waals surface area contributed by atoms with Gasteiger partial charge in [-0.1, -0.05) is 66.7 Å². The summed E-state index contributed by atoms with van der Waals surface area (Å²) in [5.74, 6) is -0.0674. The Hall–Kier alpha value is -3.40. The number of nitrogens with zero attached hydrogens (tertiary/aromatic N) is 1. The highest BCUT2D eigenvalue weighted by Crippen LogP contribution is 2.23. The zero-order valence-corrected chi connectivity index (χ0v) is 14.9. The number of hydrogen-bond acceptors (Lipinski definition) is 3. The van der Waals surface area contributed by atoms with Crippen LogP contribution in [0.5, 0.6) is 0 Å². The SMILES string of the molecule is O=C(NCC1CN=C(c2ccccc2)c2ccccc2N1)c1ccccc1. The Morgan fingerprint density at radius 3 is 2.37 bits per heavy atom. The van der Waals surface area contributed by atoms with Crippen molar-refractivity contribution in [3.8, 4) is 0 Å². The minimum atomic E-state index is -0.0674. The Morgan fingerprint density at radius 2 is 1.59 bits per heavy atom. The number of aliphatic imine (C=N–C) groups is 1. The average Bonchev–Trinajstić information content (AvgIpc) is 2.92. The van der Waals surface area contributed by atoms with Gasteiger partial charge in [0, 0.05) is 28.9 Å². The quantitative estimate of drug-likeness (QED) is 0.749. The van der Waals surface area contributed by atoms with Crippen molar-refractivity contribution >= 4 is 17.3 Å². The summed E-state index contributed by atoms with van der Waals surface area (Å²) in [6.07, 6.45) is 0. The lowest BCUT2D eigenvalue weighted by atomic mass is 10.0. The van der Waals surface area contributed by atoms with Crippen molar-refractivity contribution in [2.24, 2.45) is 4.99 Å². The number of hydrogen-bond donors (Lipinski definition) is 2. The van der Waals surface area contributed by atoms with Crippen LogP contribution in [0.1, 0.15) is 21.5 Å². The third kappa shape index (κ3) is 3.90. The Kier molecular flexibility index (Phi) is 4.97. The van der Waals surface area contributed by atoms with Gasteiger partial charge in [0.25, 0.3) is 5.91 Å². The second-order valence-electron chi connectivity index (χ2n) is 6.52. The molecule has 1 aliphatic heterocycles. The smallest absolute Gasteiger partial charge is 0.251 e. The molecular weight excluding hydrogens is 334 g/mol. The standard InChI is InChI=1S/C23H21N3O/c27-23(18-11-5-2-6-12-18)25-16-19-15-24-22(17-9-3-1-4-10-17)20-13-7-8-14-21(20)26-19/h1-14,19,26H,15-16H2,(H,25,27). The van der Waals surface area contributed by atoms with E-state index in [1.54, 1.807) is 0 Å². The molecule has 0 fully saturated rings. The number of anilines is 1. The molecule has 1 aliphatic rings. The number of benzene rings is 3. The summed E-state index contributed by atoms with van der Waals surface area (Å²) in [7, 11) is 0. The van der Waals surface area contributed by atoms with Gasteiger partial charge >= 0.3 is 0 Å². The van der Waals surface area contributed by atoms with Crippen LogP contribution in [0.4, 0.5) is 5.69 Å². The van der Waals surface area contributed by atoms with Gasteiger partial charge in [0.2, 0.25) is 0 Å². The topological polar surface area (TPSA) is 53.5 Å². The van der Waals surface area contributed by atoms with Gasteiger partial charge in [-0.2, -0.15) is 0 Å². The van der Waals surface area contributed by atoms with Crippen LogP contribution in [0.3, 0.4) is 0 Å². The number of rotatable bonds is 4. The van der Waals surface area contributed by atoms with E-state index < -0.39 is 0 Å².